The Morgan fingerprint density at radius 3 is 2.34 bits per heavy atom. The van der Waals surface area contributed by atoms with Crippen LogP contribution in [0.5, 0.6) is 0 Å². The average Bonchev–Trinajstić information content (AvgIpc) is 3.06. The van der Waals surface area contributed by atoms with Gasteiger partial charge in [0.05, 0.1) is 5.02 Å². The summed E-state index contributed by atoms with van der Waals surface area (Å²) in [6.07, 6.45) is 3.34. The summed E-state index contributed by atoms with van der Waals surface area (Å²) < 4.78 is 6.37. The predicted molar refractivity (Wildman–Crippen MR) is 121 cm³/mol. The van der Waals surface area contributed by atoms with E-state index in [0.717, 1.165) is 10.0 Å². The maximum Gasteiger partial charge on any atom is 0.407 e. The molecule has 1 amide bonds. The third-order valence-corrected chi connectivity index (χ3v) is 6.19. The number of hydrogen-bond acceptors (Lipinski definition) is 2. The zero-order chi connectivity index (χ0) is 20.2. The second-order valence-corrected chi connectivity index (χ2v) is 8.04. The largest absolute Gasteiger partial charge is 0.449 e. The lowest BCUT2D eigenvalue weighted by Gasteiger charge is -2.14. The molecule has 0 atom stereocenters. The quantitative estimate of drug-likeness (QED) is 0.455. The molecule has 0 fully saturated rings. The fraction of sp³-hybridized carbons (Fsp3) is 0.125. The molecule has 0 saturated carbocycles. The van der Waals surface area contributed by atoms with Gasteiger partial charge in [0.1, 0.15) is 6.61 Å². The predicted octanol–water partition coefficient (Wildman–Crippen LogP) is 6.65. The van der Waals surface area contributed by atoms with Crippen molar-refractivity contribution in [1.82, 2.24) is 5.32 Å². The van der Waals surface area contributed by atoms with Crippen molar-refractivity contribution in [1.29, 1.82) is 0 Å². The molecule has 3 aromatic rings. The van der Waals surface area contributed by atoms with Gasteiger partial charge in [-0.1, -0.05) is 78.4 Å². The van der Waals surface area contributed by atoms with Gasteiger partial charge in [0, 0.05) is 16.9 Å². The number of halogens is 2. The Morgan fingerprint density at radius 1 is 1.03 bits per heavy atom. The standard InChI is InChI=1S/C24H19BrClNO2/c25-22-12-11-16(14-23(22)26)6-5-13-27-24(28)29-15-21-19-9-3-1-7-17(19)18-8-2-4-10-20(18)21/h1-12,14,21H,13,15H2,(H,27,28). The number of hydrogen-bond donors (Lipinski definition) is 1. The lowest BCUT2D eigenvalue weighted by Crippen LogP contribution is -2.26. The highest BCUT2D eigenvalue weighted by Gasteiger charge is 2.28. The van der Waals surface area contributed by atoms with Crippen LogP contribution >= 0.6 is 27.5 Å². The van der Waals surface area contributed by atoms with E-state index >= 15 is 0 Å². The van der Waals surface area contributed by atoms with Crippen molar-refractivity contribution in [2.75, 3.05) is 13.2 Å². The Labute approximate surface area is 183 Å². The van der Waals surface area contributed by atoms with Gasteiger partial charge in [-0.05, 0) is 55.9 Å². The number of carbonyl (C=O) groups excluding carboxylic acids is 1. The van der Waals surface area contributed by atoms with Gasteiger partial charge in [-0.15, -0.1) is 0 Å². The van der Waals surface area contributed by atoms with E-state index in [4.69, 9.17) is 16.3 Å². The Hall–Kier alpha value is -2.56. The van der Waals surface area contributed by atoms with Crippen LogP contribution in [0.25, 0.3) is 17.2 Å². The zero-order valence-electron chi connectivity index (χ0n) is 15.6. The van der Waals surface area contributed by atoms with Crippen molar-refractivity contribution in [2.24, 2.45) is 0 Å². The Balaban J connectivity index is 1.33. The van der Waals surface area contributed by atoms with Crippen LogP contribution in [0.2, 0.25) is 5.02 Å². The third kappa shape index (κ3) is 4.39. The van der Waals surface area contributed by atoms with E-state index in [9.17, 15) is 4.79 Å². The third-order valence-electron chi connectivity index (χ3n) is 4.96. The lowest BCUT2D eigenvalue weighted by molar-refractivity contribution is 0.144. The van der Waals surface area contributed by atoms with E-state index in [1.54, 1.807) is 0 Å². The molecule has 0 radical (unpaired) electrons. The molecule has 0 aliphatic heterocycles. The second kappa shape index (κ2) is 8.85. The van der Waals surface area contributed by atoms with Gasteiger partial charge in [0.15, 0.2) is 0 Å². The summed E-state index contributed by atoms with van der Waals surface area (Å²) >= 11 is 9.45. The molecular weight excluding hydrogens is 450 g/mol. The molecule has 0 spiro atoms. The van der Waals surface area contributed by atoms with Crippen molar-refractivity contribution in [2.45, 2.75) is 5.92 Å². The fourth-order valence-corrected chi connectivity index (χ4v) is 4.04. The molecule has 0 saturated heterocycles. The van der Waals surface area contributed by atoms with Crippen LogP contribution in [-0.2, 0) is 4.74 Å². The van der Waals surface area contributed by atoms with Crippen molar-refractivity contribution in [3.8, 4) is 11.1 Å². The molecule has 1 N–H and O–H groups in total. The molecule has 0 heterocycles. The number of fused-ring (bicyclic) bond motifs is 3. The Morgan fingerprint density at radius 2 is 1.69 bits per heavy atom. The number of ether oxygens (including phenoxy) is 1. The molecule has 0 bridgehead atoms. The van der Waals surface area contributed by atoms with Crippen molar-refractivity contribution in [3.05, 3.63) is 99.0 Å². The summed E-state index contributed by atoms with van der Waals surface area (Å²) in [5.74, 6) is 0.0635. The second-order valence-electron chi connectivity index (χ2n) is 6.78. The maximum atomic E-state index is 12.1. The van der Waals surface area contributed by atoms with Gasteiger partial charge < -0.3 is 10.1 Å². The van der Waals surface area contributed by atoms with E-state index in [2.05, 4.69) is 45.5 Å². The van der Waals surface area contributed by atoms with E-state index < -0.39 is 6.09 Å². The van der Waals surface area contributed by atoms with Gasteiger partial charge >= 0.3 is 6.09 Å². The normalized spacial score (nSPS) is 12.6. The molecule has 146 valence electrons. The smallest absolute Gasteiger partial charge is 0.407 e. The minimum Gasteiger partial charge on any atom is -0.449 e. The average molecular weight is 469 g/mol. The molecular formula is C24H19BrClNO2. The van der Waals surface area contributed by atoms with Crippen molar-refractivity contribution < 1.29 is 9.53 Å². The van der Waals surface area contributed by atoms with Crippen LogP contribution in [-0.4, -0.2) is 19.2 Å². The fourth-order valence-electron chi connectivity index (χ4n) is 3.60. The molecule has 4 rings (SSSR count). The number of rotatable bonds is 5. The molecule has 0 unspecified atom stereocenters. The summed E-state index contributed by atoms with van der Waals surface area (Å²) in [7, 11) is 0. The molecule has 3 aromatic carbocycles. The van der Waals surface area contributed by atoms with Crippen LogP contribution in [0, 0.1) is 0 Å². The van der Waals surface area contributed by atoms with Crippen LogP contribution in [0.3, 0.4) is 0 Å². The highest BCUT2D eigenvalue weighted by molar-refractivity contribution is 9.10. The maximum absolute atomic E-state index is 12.1. The Kier molecular flexibility index (Phi) is 6.02. The highest BCUT2D eigenvalue weighted by Crippen LogP contribution is 2.44. The first-order valence-electron chi connectivity index (χ1n) is 9.34. The first-order chi connectivity index (χ1) is 14.1. The summed E-state index contributed by atoms with van der Waals surface area (Å²) in [6, 6.07) is 22.3. The number of benzene rings is 3. The highest BCUT2D eigenvalue weighted by atomic mass is 79.9. The zero-order valence-corrected chi connectivity index (χ0v) is 17.9. The van der Waals surface area contributed by atoms with Crippen molar-refractivity contribution in [3.63, 3.8) is 0 Å². The van der Waals surface area contributed by atoms with Crippen LogP contribution in [0.4, 0.5) is 4.79 Å². The molecule has 5 heteroatoms. The monoisotopic (exact) mass is 467 g/mol. The SMILES string of the molecule is O=C(NCC=Cc1ccc(Br)c(Cl)c1)OCC1c2ccccc2-c2ccccc21. The Bertz CT molecular complexity index is 1030. The van der Waals surface area contributed by atoms with Crippen LogP contribution in [0.15, 0.2) is 77.3 Å². The van der Waals surface area contributed by atoms with E-state index in [-0.39, 0.29) is 5.92 Å². The van der Waals surface area contributed by atoms with Crippen LogP contribution in [0.1, 0.15) is 22.6 Å². The summed E-state index contributed by atoms with van der Waals surface area (Å²) in [6.45, 7) is 0.691. The van der Waals surface area contributed by atoms with Gasteiger partial charge in [0.25, 0.3) is 0 Å². The van der Waals surface area contributed by atoms with Gasteiger partial charge in [-0.3, -0.25) is 0 Å². The first-order valence-corrected chi connectivity index (χ1v) is 10.5. The van der Waals surface area contributed by atoms with Gasteiger partial charge in [-0.25, -0.2) is 4.79 Å². The van der Waals surface area contributed by atoms with Gasteiger partial charge in [0.2, 0.25) is 0 Å². The number of alkyl carbamates (subject to hydrolysis) is 1. The lowest BCUT2D eigenvalue weighted by atomic mass is 9.98. The minimum atomic E-state index is -0.426. The number of nitrogens with one attached hydrogen (secondary N) is 1. The van der Waals surface area contributed by atoms with Crippen molar-refractivity contribution >= 4 is 39.7 Å². The molecule has 29 heavy (non-hydrogen) atoms. The van der Waals surface area contributed by atoms with E-state index in [1.807, 2.05) is 54.6 Å². The molecule has 3 nitrogen and oxygen atoms in total. The first kappa shape index (κ1) is 19.7. The summed E-state index contributed by atoms with van der Waals surface area (Å²) in [4.78, 5) is 12.1. The summed E-state index contributed by atoms with van der Waals surface area (Å²) in [5, 5.41) is 3.41. The summed E-state index contributed by atoms with van der Waals surface area (Å²) in [5.41, 5.74) is 5.80. The van der Waals surface area contributed by atoms with Crippen LogP contribution < -0.4 is 5.32 Å². The van der Waals surface area contributed by atoms with Gasteiger partial charge in [-0.2, -0.15) is 0 Å². The van der Waals surface area contributed by atoms with E-state index in [1.165, 1.54) is 22.3 Å². The molecule has 1 aliphatic rings. The number of carbonyl (C=O) groups is 1. The minimum absolute atomic E-state index is 0.0635. The number of amides is 1. The topological polar surface area (TPSA) is 38.3 Å². The molecule has 1 aliphatic carbocycles. The van der Waals surface area contributed by atoms with E-state index in [0.29, 0.717) is 18.2 Å². The molecule has 0 aromatic heterocycles.